The van der Waals surface area contributed by atoms with Crippen LogP contribution in [0.1, 0.15) is 46.2 Å². The smallest absolute Gasteiger partial charge is 0.253 e. The zero-order valence-corrected chi connectivity index (χ0v) is 15.5. The van der Waals surface area contributed by atoms with Crippen molar-refractivity contribution < 1.29 is 9.53 Å². The van der Waals surface area contributed by atoms with Gasteiger partial charge in [-0.1, -0.05) is 12.1 Å². The van der Waals surface area contributed by atoms with Crippen molar-refractivity contribution in [3.63, 3.8) is 0 Å². The van der Waals surface area contributed by atoms with Gasteiger partial charge in [0.25, 0.3) is 5.91 Å². The minimum absolute atomic E-state index is 0.00630. The van der Waals surface area contributed by atoms with Crippen LogP contribution in [0.4, 0.5) is 5.69 Å². The van der Waals surface area contributed by atoms with E-state index in [-0.39, 0.29) is 11.9 Å². The number of hydrogen-bond acceptors (Lipinski definition) is 4. The number of aromatic nitrogens is 2. The first-order valence-electron chi connectivity index (χ1n) is 9.40. The van der Waals surface area contributed by atoms with Crippen molar-refractivity contribution in [3.05, 3.63) is 46.8 Å². The Hall–Kier alpha value is -2.34. The molecule has 2 heterocycles. The summed E-state index contributed by atoms with van der Waals surface area (Å²) in [4.78, 5) is 15.3. The zero-order chi connectivity index (χ0) is 18.1. The van der Waals surface area contributed by atoms with E-state index in [2.05, 4.69) is 15.3 Å². The molecule has 2 aromatic rings. The Labute approximate surface area is 154 Å². The van der Waals surface area contributed by atoms with Gasteiger partial charge in [0.05, 0.1) is 30.5 Å². The Kier molecular flexibility index (Phi) is 4.68. The number of nitrogens with zero attached hydrogens (tertiary/aromatic N) is 3. The second-order valence-corrected chi connectivity index (χ2v) is 7.10. The largest absolute Gasteiger partial charge is 0.378 e. The molecule has 1 saturated heterocycles. The number of nitrogens with one attached hydrogen (secondary N) is 1. The predicted molar refractivity (Wildman–Crippen MR) is 101 cm³/mol. The van der Waals surface area contributed by atoms with E-state index >= 15 is 0 Å². The average molecular weight is 354 g/mol. The maximum Gasteiger partial charge on any atom is 0.253 e. The molecule has 1 N–H and O–H groups in total. The van der Waals surface area contributed by atoms with Crippen molar-refractivity contribution in [1.29, 1.82) is 0 Å². The monoisotopic (exact) mass is 354 g/mol. The van der Waals surface area contributed by atoms with Gasteiger partial charge in [-0.25, -0.2) is 0 Å². The molecule has 0 radical (unpaired) electrons. The highest BCUT2D eigenvalue weighted by atomic mass is 16.5. The normalized spacial score (nSPS) is 19.9. The number of amides is 1. The lowest BCUT2D eigenvalue weighted by molar-refractivity contribution is 0.0931. The maximum absolute atomic E-state index is 13.1. The van der Waals surface area contributed by atoms with E-state index in [9.17, 15) is 4.79 Å². The molecule has 1 aromatic heterocycles. The van der Waals surface area contributed by atoms with Crippen molar-refractivity contribution in [3.8, 4) is 0 Å². The molecule has 1 aromatic carbocycles. The van der Waals surface area contributed by atoms with Crippen LogP contribution in [0.15, 0.2) is 24.3 Å². The lowest BCUT2D eigenvalue weighted by Crippen LogP contribution is -2.38. The molecule has 0 bridgehead atoms. The molecule has 1 amide bonds. The molecular formula is C20H26N4O2. The first-order valence-corrected chi connectivity index (χ1v) is 9.40. The van der Waals surface area contributed by atoms with E-state index in [1.165, 1.54) is 11.3 Å². The van der Waals surface area contributed by atoms with Gasteiger partial charge in [-0.3, -0.25) is 9.48 Å². The summed E-state index contributed by atoms with van der Waals surface area (Å²) >= 11 is 0. The summed E-state index contributed by atoms with van der Waals surface area (Å²) in [6.45, 7) is 5.08. The molecule has 6 heteroatoms. The van der Waals surface area contributed by atoms with Gasteiger partial charge in [0.2, 0.25) is 0 Å². The molecule has 1 aliphatic heterocycles. The summed E-state index contributed by atoms with van der Waals surface area (Å²) in [6.07, 6.45) is 3.07. The summed E-state index contributed by atoms with van der Waals surface area (Å²) in [5.74, 6) is -0.00630. The van der Waals surface area contributed by atoms with E-state index in [1.807, 2.05) is 42.9 Å². The van der Waals surface area contributed by atoms with E-state index in [4.69, 9.17) is 4.74 Å². The van der Waals surface area contributed by atoms with Gasteiger partial charge < -0.3 is 15.0 Å². The first kappa shape index (κ1) is 17.1. The van der Waals surface area contributed by atoms with Gasteiger partial charge in [0.1, 0.15) is 0 Å². The van der Waals surface area contributed by atoms with Crippen LogP contribution < -0.4 is 10.2 Å². The number of anilines is 1. The number of rotatable bonds is 3. The quantitative estimate of drug-likeness (QED) is 0.919. The molecule has 26 heavy (non-hydrogen) atoms. The zero-order valence-electron chi connectivity index (χ0n) is 15.5. The summed E-state index contributed by atoms with van der Waals surface area (Å²) in [7, 11) is 1.99. The molecule has 1 aliphatic carbocycles. The van der Waals surface area contributed by atoms with E-state index in [0.717, 1.165) is 49.3 Å². The minimum Gasteiger partial charge on any atom is -0.378 e. The molecule has 2 aliphatic rings. The van der Waals surface area contributed by atoms with Gasteiger partial charge in [-0.05, 0) is 38.3 Å². The molecule has 4 rings (SSSR count). The van der Waals surface area contributed by atoms with Crippen molar-refractivity contribution in [2.75, 3.05) is 31.2 Å². The number of aryl methyl sites for hydroxylation is 2. The Morgan fingerprint density at radius 3 is 2.85 bits per heavy atom. The molecule has 1 fully saturated rings. The number of hydrogen-bond donors (Lipinski definition) is 1. The molecular weight excluding hydrogens is 328 g/mol. The lowest BCUT2D eigenvalue weighted by atomic mass is 9.90. The minimum atomic E-state index is -0.00630. The van der Waals surface area contributed by atoms with Crippen LogP contribution in [0.25, 0.3) is 0 Å². The van der Waals surface area contributed by atoms with Crippen LogP contribution in [-0.2, 0) is 18.2 Å². The summed E-state index contributed by atoms with van der Waals surface area (Å²) in [5, 5.41) is 7.83. The fraction of sp³-hybridized carbons (Fsp3) is 0.500. The van der Waals surface area contributed by atoms with Gasteiger partial charge in [-0.2, -0.15) is 5.10 Å². The SMILES string of the molecule is Cc1nn(C)c2c1C(NC(=O)c1ccccc1N1CCOCC1)CCC2. The second kappa shape index (κ2) is 7.11. The van der Waals surface area contributed by atoms with Gasteiger partial charge in [-0.15, -0.1) is 0 Å². The fourth-order valence-corrected chi connectivity index (χ4v) is 4.22. The Bertz CT molecular complexity index is 808. The van der Waals surface area contributed by atoms with Gasteiger partial charge in [0.15, 0.2) is 0 Å². The third-order valence-electron chi connectivity index (χ3n) is 5.45. The number of morpholine rings is 1. The van der Waals surface area contributed by atoms with Crippen molar-refractivity contribution >= 4 is 11.6 Å². The van der Waals surface area contributed by atoms with Crippen LogP contribution in [0, 0.1) is 6.92 Å². The number of para-hydroxylation sites is 1. The van der Waals surface area contributed by atoms with Crippen LogP contribution in [0.2, 0.25) is 0 Å². The molecule has 1 unspecified atom stereocenters. The topological polar surface area (TPSA) is 59.4 Å². The highest BCUT2D eigenvalue weighted by molar-refractivity contribution is 6.00. The number of fused-ring (bicyclic) bond motifs is 1. The van der Waals surface area contributed by atoms with E-state index in [1.54, 1.807) is 0 Å². The lowest BCUT2D eigenvalue weighted by Gasteiger charge is -2.31. The molecule has 138 valence electrons. The fourth-order valence-electron chi connectivity index (χ4n) is 4.22. The Morgan fingerprint density at radius 1 is 1.27 bits per heavy atom. The summed E-state index contributed by atoms with van der Waals surface area (Å²) in [6, 6.07) is 7.91. The van der Waals surface area contributed by atoms with Crippen LogP contribution in [0.3, 0.4) is 0 Å². The van der Waals surface area contributed by atoms with Crippen molar-refractivity contribution in [2.45, 2.75) is 32.2 Å². The highest BCUT2D eigenvalue weighted by Crippen LogP contribution is 2.32. The predicted octanol–water partition coefficient (Wildman–Crippen LogP) is 2.37. The number of ether oxygens (including phenoxy) is 1. The second-order valence-electron chi connectivity index (χ2n) is 7.10. The summed E-state index contributed by atoms with van der Waals surface area (Å²) in [5.41, 5.74) is 5.21. The first-order chi connectivity index (χ1) is 12.6. The molecule has 1 atom stereocenters. The van der Waals surface area contributed by atoms with Crippen molar-refractivity contribution in [2.24, 2.45) is 7.05 Å². The maximum atomic E-state index is 13.1. The van der Waals surface area contributed by atoms with Crippen LogP contribution in [-0.4, -0.2) is 42.0 Å². The van der Waals surface area contributed by atoms with Gasteiger partial charge in [0, 0.05) is 37.1 Å². The van der Waals surface area contributed by atoms with E-state index < -0.39 is 0 Å². The summed E-state index contributed by atoms with van der Waals surface area (Å²) < 4.78 is 7.41. The number of carbonyl (C=O) groups is 1. The molecule has 0 spiro atoms. The standard InChI is InChI=1S/C20H26N4O2/c1-14-19-16(7-5-9-18(19)23(2)22-14)21-20(25)15-6-3-4-8-17(15)24-10-12-26-13-11-24/h3-4,6,8,16H,5,7,9-13H2,1-2H3,(H,21,25). The molecule has 6 nitrogen and oxygen atoms in total. The van der Waals surface area contributed by atoms with Crippen LogP contribution in [0.5, 0.6) is 0 Å². The third kappa shape index (κ3) is 3.09. The number of carbonyl (C=O) groups excluding carboxylic acids is 1. The van der Waals surface area contributed by atoms with Crippen molar-refractivity contribution in [1.82, 2.24) is 15.1 Å². The van der Waals surface area contributed by atoms with Gasteiger partial charge >= 0.3 is 0 Å². The Balaban J connectivity index is 1.59. The average Bonchev–Trinajstić information content (AvgIpc) is 2.97. The highest BCUT2D eigenvalue weighted by Gasteiger charge is 2.28. The van der Waals surface area contributed by atoms with Crippen LogP contribution >= 0.6 is 0 Å². The Morgan fingerprint density at radius 2 is 2.04 bits per heavy atom. The third-order valence-corrected chi connectivity index (χ3v) is 5.45. The van der Waals surface area contributed by atoms with E-state index in [0.29, 0.717) is 13.2 Å². The molecule has 0 saturated carbocycles. The number of benzene rings is 1.